The van der Waals surface area contributed by atoms with Gasteiger partial charge in [-0.05, 0) is 26.0 Å². The molecule has 0 spiro atoms. The Morgan fingerprint density at radius 1 is 1.47 bits per heavy atom. The molecule has 2 atom stereocenters. The zero-order chi connectivity index (χ0) is 13.8. The zero-order valence-electron chi connectivity index (χ0n) is 11.8. The summed E-state index contributed by atoms with van der Waals surface area (Å²) in [6.45, 7) is 6.05. The number of morpholine rings is 1. The number of rotatable bonds is 4. The number of ketones is 1. The molecule has 0 amide bonds. The van der Waals surface area contributed by atoms with Crippen molar-refractivity contribution in [3.63, 3.8) is 0 Å². The van der Waals surface area contributed by atoms with Gasteiger partial charge in [-0.25, -0.2) is 0 Å². The molecule has 1 aromatic carbocycles. The lowest BCUT2D eigenvalue weighted by atomic mass is 10.1. The molecule has 104 valence electrons. The fraction of sp³-hybridized carbons (Fsp3) is 0.533. The average molecular weight is 263 g/mol. The van der Waals surface area contributed by atoms with E-state index in [1.54, 1.807) is 13.2 Å². The highest BCUT2D eigenvalue weighted by Crippen LogP contribution is 2.16. The van der Waals surface area contributed by atoms with Crippen LogP contribution in [0.4, 0.5) is 0 Å². The third-order valence-corrected chi connectivity index (χ3v) is 3.48. The van der Waals surface area contributed by atoms with Gasteiger partial charge >= 0.3 is 0 Å². The van der Waals surface area contributed by atoms with Crippen molar-refractivity contribution in [1.29, 1.82) is 0 Å². The SMILES string of the molecule is COc1cccc(C(=O)CN2CC(C)OCC2C)c1. The molecule has 19 heavy (non-hydrogen) atoms. The zero-order valence-corrected chi connectivity index (χ0v) is 11.8. The summed E-state index contributed by atoms with van der Waals surface area (Å²) in [6.07, 6.45) is 0.189. The third kappa shape index (κ3) is 3.55. The maximum Gasteiger partial charge on any atom is 0.176 e. The normalized spacial score (nSPS) is 24.2. The monoisotopic (exact) mass is 263 g/mol. The molecule has 1 heterocycles. The van der Waals surface area contributed by atoms with E-state index in [-0.39, 0.29) is 17.9 Å². The van der Waals surface area contributed by atoms with E-state index in [1.807, 2.05) is 25.1 Å². The number of Topliss-reactive ketones (excluding diaryl/α,β-unsaturated/α-hetero) is 1. The molecule has 0 saturated carbocycles. The maximum absolute atomic E-state index is 12.3. The van der Waals surface area contributed by atoms with Crippen molar-refractivity contribution in [2.45, 2.75) is 26.0 Å². The fourth-order valence-corrected chi connectivity index (χ4v) is 2.26. The quantitative estimate of drug-likeness (QED) is 0.779. The molecule has 1 saturated heterocycles. The Morgan fingerprint density at radius 3 is 3.00 bits per heavy atom. The molecule has 1 fully saturated rings. The Hall–Kier alpha value is -1.39. The van der Waals surface area contributed by atoms with Gasteiger partial charge in [-0.3, -0.25) is 9.69 Å². The van der Waals surface area contributed by atoms with Crippen molar-refractivity contribution in [2.24, 2.45) is 0 Å². The first-order chi connectivity index (χ1) is 9.10. The van der Waals surface area contributed by atoms with E-state index in [9.17, 15) is 4.79 Å². The molecule has 0 N–H and O–H groups in total. The summed E-state index contributed by atoms with van der Waals surface area (Å²) < 4.78 is 10.7. The minimum atomic E-state index is 0.125. The van der Waals surface area contributed by atoms with E-state index < -0.39 is 0 Å². The Kier molecular flexibility index (Phi) is 4.56. The predicted molar refractivity (Wildman–Crippen MR) is 73.8 cm³/mol. The van der Waals surface area contributed by atoms with E-state index in [0.717, 1.165) is 6.54 Å². The van der Waals surface area contributed by atoms with Crippen LogP contribution in [-0.4, -0.2) is 49.6 Å². The third-order valence-electron chi connectivity index (χ3n) is 3.48. The summed E-state index contributed by atoms with van der Waals surface area (Å²) in [5.74, 6) is 0.842. The highest BCUT2D eigenvalue weighted by atomic mass is 16.5. The van der Waals surface area contributed by atoms with Gasteiger partial charge in [-0.15, -0.1) is 0 Å². The number of benzene rings is 1. The van der Waals surface area contributed by atoms with Crippen LogP contribution in [0.2, 0.25) is 0 Å². The summed E-state index contributed by atoms with van der Waals surface area (Å²) in [4.78, 5) is 14.5. The fourth-order valence-electron chi connectivity index (χ4n) is 2.26. The van der Waals surface area contributed by atoms with Crippen LogP contribution >= 0.6 is 0 Å². The first kappa shape index (κ1) is 14.0. The van der Waals surface area contributed by atoms with Crippen LogP contribution in [0.5, 0.6) is 5.75 Å². The summed E-state index contributed by atoms with van der Waals surface area (Å²) in [5.41, 5.74) is 0.700. The van der Waals surface area contributed by atoms with Gasteiger partial charge in [0, 0.05) is 18.2 Å². The lowest BCUT2D eigenvalue weighted by Crippen LogP contribution is -2.49. The molecular weight excluding hydrogens is 242 g/mol. The molecule has 0 aliphatic carbocycles. The molecule has 2 rings (SSSR count). The van der Waals surface area contributed by atoms with Gasteiger partial charge in [0.05, 0.1) is 26.4 Å². The number of nitrogens with zero attached hydrogens (tertiary/aromatic N) is 1. The number of hydrogen-bond donors (Lipinski definition) is 0. The summed E-state index contributed by atoms with van der Waals surface area (Å²) in [7, 11) is 1.61. The standard InChI is InChI=1S/C15H21NO3/c1-11-10-19-12(2)8-16(11)9-15(17)13-5-4-6-14(7-13)18-3/h4-7,11-12H,8-10H2,1-3H3. The van der Waals surface area contributed by atoms with Gasteiger partial charge in [-0.2, -0.15) is 0 Å². The second kappa shape index (κ2) is 6.17. The van der Waals surface area contributed by atoms with E-state index in [2.05, 4.69) is 11.8 Å². The second-order valence-electron chi connectivity index (χ2n) is 5.08. The Bertz CT molecular complexity index is 447. The van der Waals surface area contributed by atoms with E-state index in [1.165, 1.54) is 0 Å². The minimum absolute atomic E-state index is 0.125. The van der Waals surface area contributed by atoms with Crippen LogP contribution in [0.1, 0.15) is 24.2 Å². The number of ether oxygens (including phenoxy) is 2. The second-order valence-corrected chi connectivity index (χ2v) is 5.08. The van der Waals surface area contributed by atoms with Crippen molar-refractivity contribution in [2.75, 3.05) is 26.8 Å². The molecule has 4 heteroatoms. The molecule has 0 bridgehead atoms. The van der Waals surface area contributed by atoms with Crippen LogP contribution in [0, 0.1) is 0 Å². The molecule has 1 aromatic rings. The number of carbonyl (C=O) groups is 1. The van der Waals surface area contributed by atoms with Crippen LogP contribution in [0.15, 0.2) is 24.3 Å². The van der Waals surface area contributed by atoms with Gasteiger partial charge in [0.1, 0.15) is 5.75 Å². The summed E-state index contributed by atoms with van der Waals surface area (Å²) in [6, 6.07) is 7.59. The van der Waals surface area contributed by atoms with Crippen molar-refractivity contribution < 1.29 is 14.3 Å². The van der Waals surface area contributed by atoms with Gasteiger partial charge < -0.3 is 9.47 Å². The van der Waals surface area contributed by atoms with E-state index in [0.29, 0.717) is 24.5 Å². The van der Waals surface area contributed by atoms with Gasteiger partial charge in [0.15, 0.2) is 5.78 Å². The molecule has 1 aliphatic rings. The highest BCUT2D eigenvalue weighted by molar-refractivity contribution is 5.98. The summed E-state index contributed by atoms with van der Waals surface area (Å²) >= 11 is 0. The molecule has 4 nitrogen and oxygen atoms in total. The Labute approximate surface area is 114 Å². The van der Waals surface area contributed by atoms with E-state index in [4.69, 9.17) is 9.47 Å². The maximum atomic E-state index is 12.3. The minimum Gasteiger partial charge on any atom is -0.497 e. The topological polar surface area (TPSA) is 38.8 Å². The van der Waals surface area contributed by atoms with Crippen LogP contribution in [-0.2, 0) is 4.74 Å². The smallest absolute Gasteiger partial charge is 0.176 e. The number of hydrogen-bond acceptors (Lipinski definition) is 4. The molecule has 1 aliphatic heterocycles. The Morgan fingerprint density at radius 2 is 2.26 bits per heavy atom. The van der Waals surface area contributed by atoms with Crippen molar-refractivity contribution in [3.8, 4) is 5.75 Å². The van der Waals surface area contributed by atoms with Gasteiger partial charge in [0.25, 0.3) is 0 Å². The lowest BCUT2D eigenvalue weighted by molar-refractivity contribution is -0.0460. The van der Waals surface area contributed by atoms with Crippen molar-refractivity contribution >= 4 is 5.78 Å². The van der Waals surface area contributed by atoms with Crippen LogP contribution in [0.25, 0.3) is 0 Å². The highest BCUT2D eigenvalue weighted by Gasteiger charge is 2.25. The largest absolute Gasteiger partial charge is 0.497 e. The molecule has 2 unspecified atom stereocenters. The van der Waals surface area contributed by atoms with Gasteiger partial charge in [0.2, 0.25) is 0 Å². The molecular formula is C15H21NO3. The van der Waals surface area contributed by atoms with E-state index >= 15 is 0 Å². The average Bonchev–Trinajstić information content (AvgIpc) is 2.43. The Balaban J connectivity index is 2.03. The van der Waals surface area contributed by atoms with Gasteiger partial charge in [-0.1, -0.05) is 12.1 Å². The lowest BCUT2D eigenvalue weighted by Gasteiger charge is -2.36. The summed E-state index contributed by atoms with van der Waals surface area (Å²) in [5, 5.41) is 0. The molecule has 0 radical (unpaired) electrons. The first-order valence-electron chi connectivity index (χ1n) is 6.63. The molecule has 0 aromatic heterocycles. The number of carbonyl (C=O) groups excluding carboxylic acids is 1. The van der Waals surface area contributed by atoms with Crippen molar-refractivity contribution in [3.05, 3.63) is 29.8 Å². The number of methoxy groups -OCH3 is 1. The van der Waals surface area contributed by atoms with Crippen LogP contribution < -0.4 is 4.74 Å². The van der Waals surface area contributed by atoms with Crippen molar-refractivity contribution in [1.82, 2.24) is 4.90 Å². The van der Waals surface area contributed by atoms with Crippen LogP contribution in [0.3, 0.4) is 0 Å². The predicted octanol–water partition coefficient (Wildman–Crippen LogP) is 1.99. The first-order valence-corrected chi connectivity index (χ1v) is 6.63.